The highest BCUT2D eigenvalue weighted by atomic mass is 16.3. The molecular weight excluding hydrogens is 306 g/mol. The maximum atomic E-state index is 12.6. The fraction of sp³-hybridized carbons (Fsp3) is 0.158. The number of benzene rings is 1. The summed E-state index contributed by atoms with van der Waals surface area (Å²) in [5, 5.41) is 10.9. The van der Waals surface area contributed by atoms with Crippen LogP contribution in [0.2, 0.25) is 0 Å². The molecule has 2 heterocycles. The van der Waals surface area contributed by atoms with Gasteiger partial charge in [0.1, 0.15) is 5.76 Å². The molecule has 0 bridgehead atoms. The number of hydrogen-bond acceptors (Lipinski definition) is 4. The van der Waals surface area contributed by atoms with Crippen molar-refractivity contribution in [2.24, 2.45) is 0 Å². The summed E-state index contributed by atoms with van der Waals surface area (Å²) in [5.74, 6) is 1.94. The summed E-state index contributed by atoms with van der Waals surface area (Å²) in [5.41, 5.74) is -0.978. The van der Waals surface area contributed by atoms with E-state index in [4.69, 9.17) is 10.8 Å². The number of carbonyl (C=O) groups excluding carboxylic acids is 2. The number of terminal acetylenes is 1. The minimum atomic E-state index is -1.90. The fourth-order valence-corrected chi connectivity index (χ4v) is 2.80. The van der Waals surface area contributed by atoms with Crippen LogP contribution in [-0.4, -0.2) is 23.3 Å². The highest BCUT2D eigenvalue weighted by molar-refractivity contribution is 6.10. The van der Waals surface area contributed by atoms with E-state index >= 15 is 0 Å². The maximum absolute atomic E-state index is 12.6. The van der Waals surface area contributed by atoms with Crippen LogP contribution in [0.1, 0.15) is 17.7 Å². The monoisotopic (exact) mass is 321 g/mol. The lowest BCUT2D eigenvalue weighted by molar-refractivity contribution is -0.140. The Labute approximate surface area is 139 Å². The number of hydrogen-bond donors (Lipinski definition) is 1. The van der Waals surface area contributed by atoms with Gasteiger partial charge in [-0.2, -0.15) is 0 Å². The first kappa shape index (κ1) is 15.8. The van der Waals surface area contributed by atoms with Crippen molar-refractivity contribution >= 4 is 23.5 Å². The Bertz CT molecular complexity index is 845. The highest BCUT2D eigenvalue weighted by Gasteiger charge is 2.50. The van der Waals surface area contributed by atoms with Gasteiger partial charge in [-0.1, -0.05) is 24.1 Å². The molecule has 0 saturated heterocycles. The molecule has 1 aliphatic heterocycles. The molecule has 0 fully saturated rings. The Morgan fingerprint density at radius 3 is 2.83 bits per heavy atom. The molecule has 3 rings (SSSR count). The number of nitrogens with zero attached hydrogens (tertiary/aromatic N) is 1. The number of ketones is 1. The molecule has 1 aromatic heterocycles. The molecule has 0 spiro atoms. The zero-order valence-electron chi connectivity index (χ0n) is 12.8. The van der Waals surface area contributed by atoms with Crippen molar-refractivity contribution in [3.05, 3.63) is 60.1 Å². The Hall–Kier alpha value is -3.10. The zero-order chi connectivity index (χ0) is 17.2. The first-order chi connectivity index (χ1) is 11.6. The quantitative estimate of drug-likeness (QED) is 0.676. The van der Waals surface area contributed by atoms with Crippen molar-refractivity contribution in [3.63, 3.8) is 0 Å². The lowest BCUT2D eigenvalue weighted by atomic mass is 9.90. The number of anilines is 1. The van der Waals surface area contributed by atoms with Crippen molar-refractivity contribution in [3.8, 4) is 12.3 Å². The van der Waals surface area contributed by atoms with Gasteiger partial charge in [-0.05, 0) is 30.4 Å². The van der Waals surface area contributed by atoms with Crippen LogP contribution in [0.4, 0.5) is 5.69 Å². The number of allylic oxidation sites excluding steroid dienone is 1. The van der Waals surface area contributed by atoms with Gasteiger partial charge in [0.15, 0.2) is 11.4 Å². The molecule has 0 unspecified atom stereocenters. The van der Waals surface area contributed by atoms with E-state index in [0.29, 0.717) is 17.0 Å². The molecule has 5 nitrogen and oxygen atoms in total. The standard InChI is InChI=1S/C19H15NO4/c1-2-11-20-17-8-4-3-7-16(17)19(23,18(20)22)13-14(21)9-10-15-6-5-12-24-15/h1,3-10,12,23H,11,13H2/b10-9-/t19-/m0/s1. The van der Waals surface area contributed by atoms with Crippen molar-refractivity contribution in [2.75, 3.05) is 11.4 Å². The number of fused-ring (bicyclic) bond motifs is 1. The van der Waals surface area contributed by atoms with Gasteiger partial charge in [0.2, 0.25) is 0 Å². The molecule has 1 N–H and O–H groups in total. The number of carbonyl (C=O) groups is 2. The molecular formula is C19H15NO4. The Balaban J connectivity index is 1.87. The van der Waals surface area contributed by atoms with E-state index in [1.165, 1.54) is 23.3 Å². The summed E-state index contributed by atoms with van der Waals surface area (Å²) in [6.45, 7) is 0.0363. The zero-order valence-corrected chi connectivity index (χ0v) is 12.8. The van der Waals surface area contributed by atoms with E-state index in [0.717, 1.165) is 0 Å². The second-order valence-electron chi connectivity index (χ2n) is 5.46. The fourth-order valence-electron chi connectivity index (χ4n) is 2.80. The number of amides is 1. The highest BCUT2D eigenvalue weighted by Crippen LogP contribution is 2.42. The van der Waals surface area contributed by atoms with Gasteiger partial charge in [-0.25, -0.2) is 0 Å². The summed E-state index contributed by atoms with van der Waals surface area (Å²) in [4.78, 5) is 26.2. The van der Waals surface area contributed by atoms with E-state index in [1.807, 2.05) is 0 Å². The normalized spacial score (nSPS) is 19.5. The molecule has 120 valence electrons. The minimum absolute atomic E-state index is 0.0363. The lowest BCUT2D eigenvalue weighted by Gasteiger charge is -2.21. The predicted octanol–water partition coefficient (Wildman–Crippen LogP) is 2.12. The molecule has 5 heteroatoms. The lowest BCUT2D eigenvalue weighted by Crippen LogP contribution is -2.41. The first-order valence-electron chi connectivity index (χ1n) is 7.38. The number of furan rings is 1. The number of para-hydroxylation sites is 1. The van der Waals surface area contributed by atoms with Crippen molar-refractivity contribution in [1.29, 1.82) is 0 Å². The van der Waals surface area contributed by atoms with E-state index in [2.05, 4.69) is 5.92 Å². The average Bonchev–Trinajstić information content (AvgIpc) is 3.16. The van der Waals surface area contributed by atoms with Crippen LogP contribution in [0.25, 0.3) is 6.08 Å². The average molecular weight is 321 g/mol. The molecule has 0 radical (unpaired) electrons. The van der Waals surface area contributed by atoms with Crippen LogP contribution >= 0.6 is 0 Å². The Kier molecular flexibility index (Phi) is 4.07. The Morgan fingerprint density at radius 2 is 2.12 bits per heavy atom. The molecule has 1 atom stereocenters. The molecule has 1 aromatic carbocycles. The van der Waals surface area contributed by atoms with Gasteiger partial charge >= 0.3 is 0 Å². The second kappa shape index (κ2) is 6.19. The van der Waals surface area contributed by atoms with E-state index < -0.39 is 11.5 Å². The van der Waals surface area contributed by atoms with Gasteiger partial charge in [-0.15, -0.1) is 6.42 Å². The molecule has 0 saturated carbocycles. The summed E-state index contributed by atoms with van der Waals surface area (Å²) < 4.78 is 5.11. The minimum Gasteiger partial charge on any atom is -0.465 e. The van der Waals surface area contributed by atoms with Crippen LogP contribution < -0.4 is 4.90 Å². The van der Waals surface area contributed by atoms with Crippen LogP contribution in [0.3, 0.4) is 0 Å². The first-order valence-corrected chi connectivity index (χ1v) is 7.38. The number of aliphatic hydroxyl groups is 1. The molecule has 24 heavy (non-hydrogen) atoms. The second-order valence-corrected chi connectivity index (χ2v) is 5.46. The number of rotatable bonds is 5. The summed E-state index contributed by atoms with van der Waals surface area (Å²) in [7, 11) is 0. The van der Waals surface area contributed by atoms with Gasteiger partial charge < -0.3 is 9.52 Å². The van der Waals surface area contributed by atoms with Crippen molar-refractivity contribution in [1.82, 2.24) is 0 Å². The smallest absolute Gasteiger partial charge is 0.265 e. The topological polar surface area (TPSA) is 70.8 Å². The van der Waals surface area contributed by atoms with Crippen molar-refractivity contribution in [2.45, 2.75) is 12.0 Å². The Morgan fingerprint density at radius 1 is 1.33 bits per heavy atom. The van der Waals surface area contributed by atoms with Crippen molar-refractivity contribution < 1.29 is 19.1 Å². The molecule has 2 aromatic rings. The summed E-state index contributed by atoms with van der Waals surface area (Å²) in [6, 6.07) is 10.2. The molecule has 0 aliphatic carbocycles. The van der Waals surface area contributed by atoms with Crippen LogP contribution in [0.5, 0.6) is 0 Å². The third kappa shape index (κ3) is 2.64. The predicted molar refractivity (Wildman–Crippen MR) is 88.9 cm³/mol. The van der Waals surface area contributed by atoms with Gasteiger partial charge in [-0.3, -0.25) is 14.5 Å². The third-order valence-electron chi connectivity index (χ3n) is 3.90. The summed E-state index contributed by atoms with van der Waals surface area (Å²) >= 11 is 0. The van der Waals surface area contributed by atoms with E-state index in [-0.39, 0.29) is 18.7 Å². The van der Waals surface area contributed by atoms with E-state index in [9.17, 15) is 14.7 Å². The maximum Gasteiger partial charge on any atom is 0.265 e. The summed E-state index contributed by atoms with van der Waals surface area (Å²) in [6.07, 6.45) is 9.22. The van der Waals surface area contributed by atoms with E-state index in [1.54, 1.807) is 36.4 Å². The van der Waals surface area contributed by atoms with Gasteiger partial charge in [0, 0.05) is 5.56 Å². The largest absolute Gasteiger partial charge is 0.465 e. The van der Waals surface area contributed by atoms with Crippen LogP contribution in [0, 0.1) is 12.3 Å². The molecule has 1 aliphatic rings. The molecule has 1 amide bonds. The van der Waals surface area contributed by atoms with Gasteiger partial charge in [0.05, 0.1) is 24.9 Å². The third-order valence-corrected chi connectivity index (χ3v) is 3.90. The van der Waals surface area contributed by atoms with Crippen LogP contribution in [0.15, 0.2) is 53.2 Å². The van der Waals surface area contributed by atoms with Crippen LogP contribution in [-0.2, 0) is 15.2 Å². The van der Waals surface area contributed by atoms with Gasteiger partial charge in [0.25, 0.3) is 5.91 Å². The SMILES string of the molecule is C#CCN1C(=O)[C@](O)(CC(=O)/C=C\c2ccco2)c2ccccc21.